The van der Waals surface area contributed by atoms with Crippen LogP contribution in [0, 0.1) is 0 Å². The zero-order chi connectivity index (χ0) is 20.8. The smallest absolute Gasteiger partial charge is 0.247 e. The van der Waals surface area contributed by atoms with Gasteiger partial charge in [-0.25, -0.2) is 4.90 Å². The van der Waals surface area contributed by atoms with Crippen LogP contribution in [0.5, 0.6) is 5.75 Å². The van der Waals surface area contributed by atoms with E-state index in [-0.39, 0.29) is 23.4 Å². The zero-order valence-electron chi connectivity index (χ0n) is 16.2. The Labute approximate surface area is 177 Å². The molecule has 2 amide bonds. The van der Waals surface area contributed by atoms with Gasteiger partial charge in [-0.05, 0) is 49.1 Å². The van der Waals surface area contributed by atoms with E-state index in [4.69, 9.17) is 10.5 Å². The van der Waals surface area contributed by atoms with Crippen molar-refractivity contribution in [3.8, 4) is 5.75 Å². The van der Waals surface area contributed by atoms with Crippen molar-refractivity contribution in [2.24, 2.45) is 15.9 Å². The van der Waals surface area contributed by atoms with Crippen LogP contribution in [0.4, 0.5) is 5.69 Å². The number of nitrogens with zero attached hydrogens (tertiary/aromatic N) is 3. The third kappa shape index (κ3) is 5.24. The van der Waals surface area contributed by atoms with E-state index in [1.807, 2.05) is 31.4 Å². The van der Waals surface area contributed by atoms with Gasteiger partial charge in [-0.1, -0.05) is 24.8 Å². The zero-order valence-corrected chi connectivity index (χ0v) is 17.8. The highest BCUT2D eigenvalue weighted by atomic mass is 32.2. The highest BCUT2D eigenvalue weighted by molar-refractivity contribution is 8.14. The second kappa shape index (κ2) is 9.71. The SMILES string of the molecule is CCCOc1ccc(N2C(=O)C[C@@H](SC(N)=N/N=C(/C)c3cccs3)C2=O)cc1. The summed E-state index contributed by atoms with van der Waals surface area (Å²) in [6, 6.07) is 10.8. The van der Waals surface area contributed by atoms with Gasteiger partial charge in [-0.3, -0.25) is 9.59 Å². The summed E-state index contributed by atoms with van der Waals surface area (Å²) in [4.78, 5) is 27.3. The first-order valence-corrected chi connectivity index (χ1v) is 10.9. The van der Waals surface area contributed by atoms with E-state index in [0.717, 1.165) is 28.8 Å². The van der Waals surface area contributed by atoms with E-state index in [9.17, 15) is 9.59 Å². The Morgan fingerprint density at radius 2 is 2.03 bits per heavy atom. The summed E-state index contributed by atoms with van der Waals surface area (Å²) in [6.07, 6.45) is 0.977. The van der Waals surface area contributed by atoms with Crippen LogP contribution in [0.15, 0.2) is 52.0 Å². The molecule has 0 bridgehead atoms. The number of nitrogens with two attached hydrogens (primary N) is 1. The van der Waals surface area contributed by atoms with Crippen molar-refractivity contribution in [2.45, 2.75) is 31.9 Å². The van der Waals surface area contributed by atoms with Crippen molar-refractivity contribution in [2.75, 3.05) is 11.5 Å². The molecule has 0 aliphatic carbocycles. The molecule has 0 radical (unpaired) electrons. The molecular formula is C20H22N4O3S2. The van der Waals surface area contributed by atoms with Gasteiger partial charge in [0.05, 0.1) is 22.9 Å². The van der Waals surface area contributed by atoms with Crippen molar-refractivity contribution in [1.82, 2.24) is 0 Å². The van der Waals surface area contributed by atoms with Crippen LogP contribution >= 0.6 is 23.1 Å². The minimum absolute atomic E-state index is 0.0709. The van der Waals surface area contributed by atoms with E-state index in [2.05, 4.69) is 10.2 Å². The molecule has 9 heteroatoms. The fourth-order valence-electron chi connectivity index (χ4n) is 2.71. The highest BCUT2D eigenvalue weighted by Crippen LogP contribution is 2.30. The fraction of sp³-hybridized carbons (Fsp3) is 0.300. The Morgan fingerprint density at radius 1 is 1.28 bits per heavy atom. The average Bonchev–Trinajstić information content (AvgIpc) is 3.34. The summed E-state index contributed by atoms with van der Waals surface area (Å²) in [5.74, 6) is 0.135. The number of thiophene rings is 1. The number of benzene rings is 1. The van der Waals surface area contributed by atoms with E-state index < -0.39 is 5.25 Å². The standard InChI is InChI=1S/C20H22N4O3S2/c1-3-10-27-15-8-6-14(7-9-15)24-18(25)12-17(19(24)26)29-20(21)23-22-13(2)16-5-4-11-28-16/h4-9,11,17H,3,10,12H2,1-2H3,(H2,21,23)/b22-13-/t17-/m1/s1. The molecule has 1 aromatic carbocycles. The lowest BCUT2D eigenvalue weighted by Crippen LogP contribution is -2.31. The molecule has 3 rings (SSSR count). The van der Waals surface area contributed by atoms with Crippen LogP contribution in [0.25, 0.3) is 0 Å². The summed E-state index contributed by atoms with van der Waals surface area (Å²) >= 11 is 2.62. The molecule has 1 aliphatic rings. The number of ether oxygens (including phenoxy) is 1. The second-order valence-corrected chi connectivity index (χ2v) is 8.49. The molecule has 7 nitrogen and oxygen atoms in total. The molecule has 0 saturated carbocycles. The number of imide groups is 1. The summed E-state index contributed by atoms with van der Waals surface area (Å²) < 4.78 is 5.54. The molecule has 1 saturated heterocycles. The molecule has 1 aliphatic heterocycles. The predicted molar refractivity (Wildman–Crippen MR) is 119 cm³/mol. The third-order valence-corrected chi connectivity index (χ3v) is 6.07. The Morgan fingerprint density at radius 3 is 2.69 bits per heavy atom. The van der Waals surface area contributed by atoms with Gasteiger partial charge in [-0.15, -0.1) is 16.4 Å². The maximum absolute atomic E-state index is 12.7. The number of carbonyl (C=O) groups is 2. The molecule has 0 spiro atoms. The first-order chi connectivity index (χ1) is 14.0. The Balaban J connectivity index is 1.65. The quantitative estimate of drug-likeness (QED) is 0.313. The lowest BCUT2D eigenvalue weighted by molar-refractivity contribution is -0.121. The molecule has 2 N–H and O–H groups in total. The number of amides is 2. The number of thioether (sulfide) groups is 1. The predicted octanol–water partition coefficient (Wildman–Crippen LogP) is 3.64. The maximum Gasteiger partial charge on any atom is 0.247 e. The van der Waals surface area contributed by atoms with Crippen molar-refractivity contribution < 1.29 is 14.3 Å². The van der Waals surface area contributed by atoms with Gasteiger partial charge < -0.3 is 10.5 Å². The number of carbonyl (C=O) groups excluding carboxylic acids is 2. The van der Waals surface area contributed by atoms with E-state index >= 15 is 0 Å². The number of anilines is 1. The third-order valence-electron chi connectivity index (χ3n) is 4.11. The summed E-state index contributed by atoms with van der Waals surface area (Å²) in [6.45, 7) is 4.48. The molecule has 2 aromatic rings. The summed E-state index contributed by atoms with van der Waals surface area (Å²) in [5, 5.41) is 9.60. The Hall–Kier alpha value is -2.65. The second-order valence-electron chi connectivity index (χ2n) is 6.32. The molecule has 29 heavy (non-hydrogen) atoms. The minimum atomic E-state index is -0.612. The summed E-state index contributed by atoms with van der Waals surface area (Å²) in [5.41, 5.74) is 7.19. The molecule has 1 atom stereocenters. The molecule has 2 heterocycles. The number of rotatable bonds is 7. The van der Waals surface area contributed by atoms with Gasteiger partial charge in [0, 0.05) is 6.42 Å². The van der Waals surface area contributed by atoms with E-state index in [1.54, 1.807) is 35.6 Å². The van der Waals surface area contributed by atoms with Crippen molar-refractivity contribution in [3.63, 3.8) is 0 Å². The van der Waals surface area contributed by atoms with Crippen LogP contribution in [-0.4, -0.2) is 34.6 Å². The van der Waals surface area contributed by atoms with Crippen molar-refractivity contribution in [3.05, 3.63) is 46.7 Å². The highest BCUT2D eigenvalue weighted by Gasteiger charge is 2.40. The topological polar surface area (TPSA) is 97.3 Å². The van der Waals surface area contributed by atoms with E-state index in [1.165, 1.54) is 4.90 Å². The van der Waals surface area contributed by atoms with Gasteiger partial charge in [0.25, 0.3) is 0 Å². The normalized spacial score (nSPS) is 17.9. The number of hydrogen-bond donors (Lipinski definition) is 1. The van der Waals surface area contributed by atoms with Gasteiger partial charge in [0.1, 0.15) is 11.0 Å². The van der Waals surface area contributed by atoms with Crippen molar-refractivity contribution in [1.29, 1.82) is 0 Å². The van der Waals surface area contributed by atoms with E-state index in [0.29, 0.717) is 18.0 Å². The van der Waals surface area contributed by atoms with Crippen LogP contribution in [0.3, 0.4) is 0 Å². The Kier molecular flexibility index (Phi) is 7.05. The largest absolute Gasteiger partial charge is 0.494 e. The first-order valence-electron chi connectivity index (χ1n) is 9.17. The summed E-state index contributed by atoms with van der Waals surface area (Å²) in [7, 11) is 0. The van der Waals surface area contributed by atoms with Gasteiger partial charge >= 0.3 is 0 Å². The van der Waals surface area contributed by atoms with Crippen molar-refractivity contribution >= 4 is 51.5 Å². The molecule has 1 aromatic heterocycles. The minimum Gasteiger partial charge on any atom is -0.494 e. The van der Waals surface area contributed by atoms with Crippen LogP contribution in [-0.2, 0) is 9.59 Å². The molecule has 1 fully saturated rings. The van der Waals surface area contributed by atoms with Crippen LogP contribution in [0.1, 0.15) is 31.6 Å². The first kappa shape index (κ1) is 21.1. The number of hydrogen-bond acceptors (Lipinski definition) is 7. The molecule has 152 valence electrons. The molecular weight excluding hydrogens is 408 g/mol. The van der Waals surface area contributed by atoms with Gasteiger partial charge in [0.15, 0.2) is 5.17 Å². The Bertz CT molecular complexity index is 924. The maximum atomic E-state index is 12.7. The van der Waals surface area contributed by atoms with Gasteiger partial charge in [0.2, 0.25) is 11.8 Å². The van der Waals surface area contributed by atoms with Crippen LogP contribution < -0.4 is 15.4 Å². The lowest BCUT2D eigenvalue weighted by atomic mass is 10.3. The molecule has 0 unspecified atom stereocenters. The average molecular weight is 431 g/mol. The monoisotopic (exact) mass is 430 g/mol. The van der Waals surface area contributed by atoms with Crippen LogP contribution in [0.2, 0.25) is 0 Å². The number of amidine groups is 1. The van der Waals surface area contributed by atoms with Gasteiger partial charge in [-0.2, -0.15) is 5.10 Å². The fourth-order valence-corrected chi connectivity index (χ4v) is 4.19. The lowest BCUT2D eigenvalue weighted by Gasteiger charge is -2.15.